The summed E-state index contributed by atoms with van der Waals surface area (Å²) in [6, 6.07) is 3.56. The van der Waals surface area contributed by atoms with E-state index in [1.807, 2.05) is 0 Å². The molecule has 0 amide bonds. The molecule has 0 unspecified atom stereocenters. The minimum Gasteiger partial charge on any atom is -0.493 e. The lowest BCUT2D eigenvalue weighted by Crippen LogP contribution is -2.32. The van der Waals surface area contributed by atoms with E-state index in [4.69, 9.17) is 14.6 Å². The van der Waals surface area contributed by atoms with Gasteiger partial charge in [-0.25, -0.2) is 19.8 Å². The second kappa shape index (κ2) is 7.40. The minimum absolute atomic E-state index is 0.242. The van der Waals surface area contributed by atoms with Gasteiger partial charge < -0.3 is 14.8 Å². The smallest absolute Gasteiger partial charge is 0.274 e. The first-order valence-corrected chi connectivity index (χ1v) is 8.37. The molecular formula is C13H19N5O4S. The number of nitrogens with one attached hydrogen (secondary N) is 2. The summed E-state index contributed by atoms with van der Waals surface area (Å²) in [6.07, 6.45) is 1.99. The maximum absolute atomic E-state index is 10.8. The van der Waals surface area contributed by atoms with Crippen LogP contribution in [-0.4, -0.2) is 45.7 Å². The summed E-state index contributed by atoms with van der Waals surface area (Å²) >= 11 is 0. The van der Waals surface area contributed by atoms with Crippen LogP contribution in [0.2, 0.25) is 0 Å². The summed E-state index contributed by atoms with van der Waals surface area (Å²) in [5, 5.41) is 8.78. The summed E-state index contributed by atoms with van der Waals surface area (Å²) < 4.78 is 34.3. The van der Waals surface area contributed by atoms with E-state index in [1.165, 1.54) is 6.33 Å². The van der Waals surface area contributed by atoms with Crippen LogP contribution in [0.4, 0.5) is 5.82 Å². The van der Waals surface area contributed by atoms with Crippen LogP contribution in [0.15, 0.2) is 18.5 Å². The number of hydrogen-bond acceptors (Lipinski definition) is 7. The van der Waals surface area contributed by atoms with E-state index in [9.17, 15) is 8.42 Å². The molecule has 1 heterocycles. The van der Waals surface area contributed by atoms with Crippen molar-refractivity contribution in [2.75, 3.05) is 32.6 Å². The molecule has 2 aromatic rings. The van der Waals surface area contributed by atoms with Gasteiger partial charge in [0, 0.05) is 24.5 Å². The summed E-state index contributed by atoms with van der Waals surface area (Å²) in [7, 11) is -0.541. The number of aromatic nitrogens is 2. The van der Waals surface area contributed by atoms with Gasteiger partial charge in [-0.05, 0) is 12.5 Å². The van der Waals surface area contributed by atoms with Gasteiger partial charge in [0.2, 0.25) is 0 Å². The van der Waals surface area contributed by atoms with Crippen LogP contribution in [0, 0.1) is 0 Å². The number of nitrogens with two attached hydrogens (primary N) is 1. The van der Waals surface area contributed by atoms with Crippen LogP contribution in [-0.2, 0) is 10.2 Å². The average molecular weight is 341 g/mol. The van der Waals surface area contributed by atoms with Crippen LogP contribution < -0.4 is 24.7 Å². The number of rotatable bonds is 8. The molecule has 0 saturated heterocycles. The predicted octanol–water partition coefficient (Wildman–Crippen LogP) is 0.242. The van der Waals surface area contributed by atoms with E-state index in [0.717, 1.165) is 5.39 Å². The molecule has 0 radical (unpaired) electrons. The standard InChI is InChI=1S/C13H19N5O4S/c1-21-11-6-9-10(7-12(11)22-2)16-8-17-13(9)15-4-3-5-18-23(14,19)20/h6-8,18H,3-5H2,1-2H3,(H2,14,19,20)(H,15,16,17). The molecule has 0 aliphatic rings. The average Bonchev–Trinajstić information content (AvgIpc) is 2.52. The van der Waals surface area contributed by atoms with Gasteiger partial charge in [0.25, 0.3) is 10.2 Å². The summed E-state index contributed by atoms with van der Waals surface area (Å²) in [4.78, 5) is 8.41. The Kier molecular flexibility index (Phi) is 5.53. The number of hydrogen-bond donors (Lipinski definition) is 3. The van der Waals surface area contributed by atoms with Gasteiger partial charge in [-0.1, -0.05) is 0 Å². The van der Waals surface area contributed by atoms with Gasteiger partial charge in [0.1, 0.15) is 12.1 Å². The van der Waals surface area contributed by atoms with E-state index in [1.54, 1.807) is 26.4 Å². The Morgan fingerprint density at radius 1 is 1.13 bits per heavy atom. The SMILES string of the molecule is COc1cc2ncnc(NCCCNS(N)(=O)=O)c2cc1OC. The lowest BCUT2D eigenvalue weighted by Gasteiger charge is -2.12. The van der Waals surface area contributed by atoms with E-state index in [0.29, 0.717) is 35.8 Å². The van der Waals surface area contributed by atoms with Gasteiger partial charge in [-0.15, -0.1) is 0 Å². The molecule has 0 bridgehead atoms. The zero-order chi connectivity index (χ0) is 16.9. The molecule has 10 heteroatoms. The van der Waals surface area contributed by atoms with Crippen molar-refractivity contribution in [1.82, 2.24) is 14.7 Å². The number of methoxy groups -OCH3 is 2. The Balaban J connectivity index is 2.11. The number of benzene rings is 1. The second-order valence-electron chi connectivity index (χ2n) is 4.67. The van der Waals surface area contributed by atoms with Crippen LogP contribution >= 0.6 is 0 Å². The molecular weight excluding hydrogens is 322 g/mol. The topological polar surface area (TPSA) is 128 Å². The fraction of sp³-hybridized carbons (Fsp3) is 0.385. The quantitative estimate of drug-likeness (QED) is 0.587. The molecule has 126 valence electrons. The zero-order valence-corrected chi connectivity index (χ0v) is 13.7. The van der Waals surface area contributed by atoms with Gasteiger partial charge >= 0.3 is 0 Å². The molecule has 0 fully saturated rings. The second-order valence-corrected chi connectivity index (χ2v) is 6.04. The Morgan fingerprint density at radius 2 is 1.83 bits per heavy atom. The van der Waals surface area contributed by atoms with Crippen LogP contribution in [0.3, 0.4) is 0 Å². The molecule has 2 rings (SSSR count). The molecule has 23 heavy (non-hydrogen) atoms. The van der Waals surface area contributed by atoms with E-state index in [-0.39, 0.29) is 6.54 Å². The molecule has 9 nitrogen and oxygen atoms in total. The van der Waals surface area contributed by atoms with Gasteiger partial charge in [0.05, 0.1) is 19.7 Å². The molecule has 1 aromatic heterocycles. The molecule has 1 aromatic carbocycles. The third-order valence-electron chi connectivity index (χ3n) is 3.09. The highest BCUT2D eigenvalue weighted by Gasteiger charge is 2.10. The summed E-state index contributed by atoms with van der Waals surface area (Å²) in [5.41, 5.74) is 0.711. The lowest BCUT2D eigenvalue weighted by atomic mass is 10.2. The van der Waals surface area contributed by atoms with Crippen molar-refractivity contribution in [3.8, 4) is 11.5 Å². The molecule has 0 aliphatic heterocycles. The van der Waals surface area contributed by atoms with Crippen LogP contribution in [0.1, 0.15) is 6.42 Å². The number of ether oxygens (including phenoxy) is 2. The third-order valence-corrected chi connectivity index (χ3v) is 3.70. The maximum atomic E-state index is 10.8. The van der Waals surface area contributed by atoms with Crippen molar-refractivity contribution >= 4 is 26.9 Å². The fourth-order valence-electron chi connectivity index (χ4n) is 2.03. The minimum atomic E-state index is -3.65. The fourth-order valence-corrected chi connectivity index (χ4v) is 2.46. The van der Waals surface area contributed by atoms with Gasteiger partial charge in [0.15, 0.2) is 11.5 Å². The van der Waals surface area contributed by atoms with Crippen LogP contribution in [0.5, 0.6) is 11.5 Å². The molecule has 0 spiro atoms. The Labute approximate surface area is 134 Å². The zero-order valence-electron chi connectivity index (χ0n) is 12.9. The lowest BCUT2D eigenvalue weighted by molar-refractivity contribution is 0.356. The van der Waals surface area contributed by atoms with E-state index < -0.39 is 10.2 Å². The Hall–Kier alpha value is -2.17. The number of nitrogens with zero attached hydrogens (tertiary/aromatic N) is 2. The highest BCUT2D eigenvalue weighted by atomic mass is 32.2. The predicted molar refractivity (Wildman–Crippen MR) is 86.9 cm³/mol. The van der Waals surface area contributed by atoms with Crippen molar-refractivity contribution < 1.29 is 17.9 Å². The normalized spacial score (nSPS) is 11.4. The van der Waals surface area contributed by atoms with Crippen LogP contribution in [0.25, 0.3) is 10.9 Å². The van der Waals surface area contributed by atoms with Gasteiger partial charge in [-0.3, -0.25) is 0 Å². The maximum Gasteiger partial charge on any atom is 0.274 e. The highest BCUT2D eigenvalue weighted by molar-refractivity contribution is 7.87. The Bertz CT molecular complexity index is 781. The van der Waals surface area contributed by atoms with Crippen molar-refractivity contribution in [3.05, 3.63) is 18.5 Å². The summed E-state index contributed by atoms with van der Waals surface area (Å²) in [6.45, 7) is 0.759. The van der Waals surface area contributed by atoms with Crippen molar-refractivity contribution in [3.63, 3.8) is 0 Å². The van der Waals surface area contributed by atoms with Crippen molar-refractivity contribution in [2.24, 2.45) is 5.14 Å². The van der Waals surface area contributed by atoms with E-state index >= 15 is 0 Å². The van der Waals surface area contributed by atoms with Crippen molar-refractivity contribution in [1.29, 1.82) is 0 Å². The largest absolute Gasteiger partial charge is 0.493 e. The first-order valence-electron chi connectivity index (χ1n) is 6.82. The molecule has 0 saturated carbocycles. The highest BCUT2D eigenvalue weighted by Crippen LogP contribution is 2.33. The first kappa shape index (κ1) is 17.2. The molecule has 4 N–H and O–H groups in total. The summed E-state index contributed by atoms with van der Waals surface area (Å²) in [5.74, 6) is 1.79. The third kappa shape index (κ3) is 4.65. The first-order chi connectivity index (χ1) is 10.9. The Morgan fingerprint density at radius 3 is 2.48 bits per heavy atom. The van der Waals surface area contributed by atoms with Gasteiger partial charge in [-0.2, -0.15) is 8.42 Å². The molecule has 0 aliphatic carbocycles. The van der Waals surface area contributed by atoms with Crippen molar-refractivity contribution in [2.45, 2.75) is 6.42 Å². The van der Waals surface area contributed by atoms with E-state index in [2.05, 4.69) is 20.0 Å². The number of anilines is 1. The number of fused-ring (bicyclic) bond motifs is 1. The molecule has 0 atom stereocenters. The monoisotopic (exact) mass is 341 g/mol.